The predicted octanol–water partition coefficient (Wildman–Crippen LogP) is 5.18. The quantitative estimate of drug-likeness (QED) is 0.390. The van der Waals surface area contributed by atoms with Gasteiger partial charge in [-0.05, 0) is 59.7 Å². The van der Waals surface area contributed by atoms with Crippen molar-refractivity contribution in [3.63, 3.8) is 0 Å². The van der Waals surface area contributed by atoms with Crippen molar-refractivity contribution in [2.45, 2.75) is 4.90 Å². The zero-order chi connectivity index (χ0) is 23.4. The number of aromatic carboxylic acids is 1. The second-order valence-electron chi connectivity index (χ2n) is 6.90. The maximum absolute atomic E-state index is 13.2. The number of carbonyl (C=O) groups is 1. The Morgan fingerprint density at radius 1 is 0.909 bits per heavy atom. The van der Waals surface area contributed by atoms with Crippen LogP contribution in [0.3, 0.4) is 0 Å². The number of halogens is 1. The molecule has 1 aromatic heterocycles. The lowest BCUT2D eigenvalue weighted by molar-refractivity contribution is 0.0698. The smallest absolute Gasteiger partial charge is 0.337 e. The first-order valence-electron chi connectivity index (χ1n) is 9.67. The zero-order valence-electron chi connectivity index (χ0n) is 17.0. The van der Waals surface area contributed by atoms with Gasteiger partial charge in [0.15, 0.2) is 0 Å². The number of carboxylic acid groups (broad SMARTS) is 1. The van der Waals surface area contributed by atoms with E-state index >= 15 is 0 Å². The molecule has 4 rings (SSSR count). The number of rotatable bonds is 7. The van der Waals surface area contributed by atoms with E-state index in [0.717, 1.165) is 5.56 Å². The summed E-state index contributed by atoms with van der Waals surface area (Å²) in [4.78, 5) is 15.4. The number of carboxylic acids is 1. The van der Waals surface area contributed by atoms with Crippen LogP contribution in [0.1, 0.15) is 10.4 Å². The lowest BCUT2D eigenvalue weighted by Gasteiger charge is -2.14. The van der Waals surface area contributed by atoms with Gasteiger partial charge < -0.3 is 9.84 Å². The largest absolute Gasteiger partial charge is 0.478 e. The van der Waals surface area contributed by atoms with Crippen molar-refractivity contribution in [3.8, 4) is 22.8 Å². The van der Waals surface area contributed by atoms with Crippen LogP contribution in [-0.4, -0.2) is 24.5 Å². The Morgan fingerprint density at radius 2 is 1.64 bits per heavy atom. The zero-order valence-corrected chi connectivity index (χ0v) is 17.8. The van der Waals surface area contributed by atoms with E-state index in [2.05, 4.69) is 9.71 Å². The molecule has 0 bridgehead atoms. The van der Waals surface area contributed by atoms with Crippen LogP contribution in [0, 0.1) is 5.82 Å². The summed E-state index contributed by atoms with van der Waals surface area (Å²) in [5.41, 5.74) is 1.09. The number of benzene rings is 3. The lowest BCUT2D eigenvalue weighted by atomic mass is 10.0. The number of hydrogen-bond donors (Lipinski definition) is 2. The number of ether oxygens (including phenoxy) is 1. The fourth-order valence-electron chi connectivity index (χ4n) is 3.10. The monoisotopic (exact) mass is 464 g/mol. The van der Waals surface area contributed by atoms with Gasteiger partial charge in [0.1, 0.15) is 16.5 Å². The van der Waals surface area contributed by atoms with Crippen LogP contribution in [0.15, 0.2) is 96.0 Å². The number of nitrogens with zero attached hydrogens (tertiary/aromatic N) is 1. The molecule has 0 atom stereocenters. The summed E-state index contributed by atoms with van der Waals surface area (Å²) in [5.74, 6) is -1.82. The molecule has 0 amide bonds. The number of sulfonamides is 1. The number of anilines is 1. The Morgan fingerprint density at radius 3 is 2.33 bits per heavy atom. The van der Waals surface area contributed by atoms with Gasteiger partial charge in [-0.15, -0.1) is 0 Å². The first-order valence-corrected chi connectivity index (χ1v) is 11.2. The minimum absolute atomic E-state index is 0.111. The average molecular weight is 464 g/mol. The highest BCUT2D eigenvalue weighted by atomic mass is 32.2. The molecule has 1 heterocycles. The molecular weight excluding hydrogens is 447 g/mol. The molecule has 9 heteroatoms. The fourth-order valence-corrected chi connectivity index (χ4v) is 4.25. The van der Waals surface area contributed by atoms with Gasteiger partial charge in [0.2, 0.25) is 5.88 Å². The van der Waals surface area contributed by atoms with E-state index in [0.29, 0.717) is 5.56 Å². The number of nitrogens with one attached hydrogen (secondary N) is 1. The molecule has 0 saturated carbocycles. The normalized spacial score (nSPS) is 11.1. The van der Waals surface area contributed by atoms with Crippen molar-refractivity contribution < 1.29 is 27.4 Å². The maximum Gasteiger partial charge on any atom is 0.337 e. The summed E-state index contributed by atoms with van der Waals surface area (Å²) < 4.78 is 47.5. The van der Waals surface area contributed by atoms with Crippen LogP contribution in [0.5, 0.6) is 11.6 Å². The Kier molecular flexibility index (Phi) is 6.05. The van der Waals surface area contributed by atoms with Crippen molar-refractivity contribution in [1.82, 2.24) is 4.98 Å². The van der Waals surface area contributed by atoms with Crippen LogP contribution in [0.4, 0.5) is 10.1 Å². The molecule has 7 nitrogen and oxygen atoms in total. The standard InChI is InChI=1S/C24H17FN2O5S/c25-18-9-11-19(12-10-18)32-23-22(7-4-14-26-23)33(30,31)27-21-15-17(8-13-20(21)24(28)29)16-5-2-1-3-6-16/h1-15,27H,(H,28,29). The summed E-state index contributed by atoms with van der Waals surface area (Å²) in [6, 6.07) is 21.2. The van der Waals surface area contributed by atoms with E-state index in [-0.39, 0.29) is 27.8 Å². The molecule has 2 N–H and O–H groups in total. The van der Waals surface area contributed by atoms with E-state index in [1.807, 2.05) is 30.3 Å². The third-order valence-electron chi connectivity index (χ3n) is 4.66. The SMILES string of the molecule is O=C(O)c1ccc(-c2ccccc2)cc1NS(=O)(=O)c1cccnc1Oc1ccc(F)cc1. The van der Waals surface area contributed by atoms with Crippen LogP contribution in [0.2, 0.25) is 0 Å². The molecule has 3 aromatic carbocycles. The molecule has 33 heavy (non-hydrogen) atoms. The number of hydrogen-bond acceptors (Lipinski definition) is 5. The van der Waals surface area contributed by atoms with Gasteiger partial charge >= 0.3 is 5.97 Å². The minimum Gasteiger partial charge on any atom is -0.478 e. The second-order valence-corrected chi connectivity index (χ2v) is 8.55. The van der Waals surface area contributed by atoms with Gasteiger partial charge in [0.25, 0.3) is 10.0 Å². The molecule has 0 aliphatic carbocycles. The average Bonchev–Trinajstić information content (AvgIpc) is 2.81. The van der Waals surface area contributed by atoms with Crippen LogP contribution in [-0.2, 0) is 10.0 Å². The molecule has 0 saturated heterocycles. The Bertz CT molecular complexity index is 1410. The van der Waals surface area contributed by atoms with Gasteiger partial charge in [0, 0.05) is 6.20 Å². The highest BCUT2D eigenvalue weighted by Gasteiger charge is 2.24. The van der Waals surface area contributed by atoms with Crippen molar-refractivity contribution in [2.75, 3.05) is 4.72 Å². The van der Waals surface area contributed by atoms with Crippen molar-refractivity contribution in [1.29, 1.82) is 0 Å². The van der Waals surface area contributed by atoms with Gasteiger partial charge in [-0.25, -0.2) is 22.6 Å². The van der Waals surface area contributed by atoms with E-state index in [1.54, 1.807) is 6.07 Å². The van der Waals surface area contributed by atoms with Crippen molar-refractivity contribution in [2.24, 2.45) is 0 Å². The Hall–Kier alpha value is -4.24. The molecule has 0 radical (unpaired) electrons. The first kappa shape index (κ1) is 22.0. The summed E-state index contributed by atoms with van der Waals surface area (Å²) in [6.07, 6.45) is 1.34. The topological polar surface area (TPSA) is 106 Å². The molecule has 4 aromatic rings. The summed E-state index contributed by atoms with van der Waals surface area (Å²) in [5, 5.41) is 9.56. The van der Waals surface area contributed by atoms with E-state index < -0.39 is 21.8 Å². The second kappa shape index (κ2) is 9.09. The summed E-state index contributed by atoms with van der Waals surface area (Å²) in [7, 11) is -4.30. The molecule has 166 valence electrons. The molecule has 0 fully saturated rings. The van der Waals surface area contributed by atoms with Gasteiger partial charge in [-0.3, -0.25) is 4.72 Å². The number of pyridine rings is 1. The van der Waals surface area contributed by atoms with Crippen molar-refractivity contribution >= 4 is 21.7 Å². The predicted molar refractivity (Wildman–Crippen MR) is 120 cm³/mol. The third-order valence-corrected chi connectivity index (χ3v) is 6.03. The minimum atomic E-state index is -4.30. The highest BCUT2D eigenvalue weighted by molar-refractivity contribution is 7.92. The van der Waals surface area contributed by atoms with E-state index in [4.69, 9.17) is 4.74 Å². The highest BCUT2D eigenvalue weighted by Crippen LogP contribution is 2.31. The first-order chi connectivity index (χ1) is 15.8. The number of aromatic nitrogens is 1. The lowest BCUT2D eigenvalue weighted by Crippen LogP contribution is -2.17. The molecule has 0 spiro atoms. The summed E-state index contributed by atoms with van der Waals surface area (Å²) in [6.45, 7) is 0. The molecular formula is C24H17FN2O5S. The molecule has 0 unspecified atom stereocenters. The maximum atomic E-state index is 13.2. The van der Waals surface area contributed by atoms with Gasteiger partial charge in [0.05, 0.1) is 11.3 Å². The van der Waals surface area contributed by atoms with Gasteiger partial charge in [-0.2, -0.15) is 0 Å². The van der Waals surface area contributed by atoms with Gasteiger partial charge in [-0.1, -0.05) is 36.4 Å². The van der Waals surface area contributed by atoms with E-state index in [9.17, 15) is 22.7 Å². The Balaban J connectivity index is 1.72. The summed E-state index contributed by atoms with van der Waals surface area (Å²) >= 11 is 0. The van der Waals surface area contributed by atoms with Crippen LogP contribution < -0.4 is 9.46 Å². The van der Waals surface area contributed by atoms with Crippen LogP contribution in [0.25, 0.3) is 11.1 Å². The third kappa shape index (κ3) is 4.99. The fraction of sp³-hybridized carbons (Fsp3) is 0. The van der Waals surface area contributed by atoms with E-state index in [1.165, 1.54) is 54.7 Å². The Labute approximate surface area is 189 Å². The van der Waals surface area contributed by atoms with Crippen molar-refractivity contribution in [3.05, 3.63) is 103 Å². The van der Waals surface area contributed by atoms with Crippen LogP contribution >= 0.6 is 0 Å². The molecule has 0 aliphatic heterocycles. The molecule has 0 aliphatic rings.